The Kier molecular flexibility index (Phi) is 4.47. The Morgan fingerprint density at radius 1 is 1.39 bits per heavy atom. The van der Waals surface area contributed by atoms with E-state index in [-0.39, 0.29) is 23.3 Å². The maximum atomic E-state index is 12.3. The topological polar surface area (TPSA) is 49.4 Å². The van der Waals surface area contributed by atoms with Crippen LogP contribution in [0.15, 0.2) is 0 Å². The van der Waals surface area contributed by atoms with Gasteiger partial charge in [-0.25, -0.2) is 4.79 Å². The summed E-state index contributed by atoms with van der Waals surface area (Å²) < 4.78 is 0. The first-order valence-corrected chi connectivity index (χ1v) is 7.48. The Morgan fingerprint density at radius 3 is 2.28 bits per heavy atom. The van der Waals surface area contributed by atoms with E-state index in [1.807, 2.05) is 6.92 Å². The van der Waals surface area contributed by atoms with Gasteiger partial charge in [-0.15, -0.1) is 0 Å². The normalized spacial score (nSPS) is 26.4. The summed E-state index contributed by atoms with van der Waals surface area (Å²) in [6.45, 7) is 10.5. The zero-order valence-corrected chi connectivity index (χ0v) is 13.4. The van der Waals surface area contributed by atoms with Crippen LogP contribution in [0.1, 0.15) is 41.0 Å². The summed E-state index contributed by atoms with van der Waals surface area (Å²) in [5, 5.41) is 3.56. The number of hydrogen-bond donors (Lipinski definition) is 1. The van der Waals surface area contributed by atoms with Gasteiger partial charge >= 0.3 is 6.03 Å². The first-order valence-electron chi connectivity index (χ1n) is 6.35. The number of urea groups is 1. The molecule has 1 aliphatic rings. The largest absolute Gasteiger partial charge is 0.325 e. The summed E-state index contributed by atoms with van der Waals surface area (Å²) in [4.78, 5) is 25.6. The molecule has 5 heteroatoms. The van der Waals surface area contributed by atoms with Gasteiger partial charge in [-0.1, -0.05) is 43.6 Å². The predicted octanol–water partition coefficient (Wildman–Crippen LogP) is 2.76. The number of alkyl halides is 1. The van der Waals surface area contributed by atoms with Crippen molar-refractivity contribution in [2.45, 2.75) is 46.6 Å². The number of imide groups is 1. The van der Waals surface area contributed by atoms with E-state index in [0.717, 1.165) is 5.33 Å². The maximum Gasteiger partial charge on any atom is 0.325 e. The predicted molar refractivity (Wildman–Crippen MR) is 75.7 cm³/mol. The lowest BCUT2D eigenvalue weighted by molar-refractivity contribution is -0.131. The van der Waals surface area contributed by atoms with Crippen molar-refractivity contribution >= 4 is 27.9 Å². The molecule has 1 N–H and O–H groups in total. The number of carbonyl (C=O) groups is 2. The Hall–Kier alpha value is -0.580. The Bertz CT molecular complexity index is 351. The van der Waals surface area contributed by atoms with Crippen molar-refractivity contribution in [3.05, 3.63) is 0 Å². The highest BCUT2D eigenvalue weighted by molar-refractivity contribution is 9.09. The van der Waals surface area contributed by atoms with Crippen LogP contribution in [0.25, 0.3) is 0 Å². The van der Waals surface area contributed by atoms with Crippen LogP contribution in [0.2, 0.25) is 0 Å². The van der Waals surface area contributed by atoms with Gasteiger partial charge in [0.25, 0.3) is 5.91 Å². The van der Waals surface area contributed by atoms with Crippen LogP contribution in [0.5, 0.6) is 0 Å². The zero-order chi connectivity index (χ0) is 14.1. The van der Waals surface area contributed by atoms with Gasteiger partial charge in [-0.3, -0.25) is 9.69 Å². The minimum Gasteiger partial charge on any atom is -0.323 e. The molecule has 0 saturated carbocycles. The smallest absolute Gasteiger partial charge is 0.323 e. The van der Waals surface area contributed by atoms with Crippen molar-refractivity contribution in [3.63, 3.8) is 0 Å². The molecule has 0 aromatic heterocycles. The van der Waals surface area contributed by atoms with Gasteiger partial charge in [-0.2, -0.15) is 0 Å². The summed E-state index contributed by atoms with van der Waals surface area (Å²) in [5.41, 5.74) is -0.679. The highest BCUT2D eigenvalue weighted by atomic mass is 79.9. The van der Waals surface area contributed by atoms with Gasteiger partial charge in [-0.05, 0) is 24.7 Å². The van der Waals surface area contributed by atoms with Crippen LogP contribution in [-0.2, 0) is 4.79 Å². The Balaban J connectivity index is 2.85. The third kappa shape index (κ3) is 2.87. The van der Waals surface area contributed by atoms with E-state index >= 15 is 0 Å². The molecule has 0 aromatic carbocycles. The average Bonchev–Trinajstić information content (AvgIpc) is 2.47. The molecule has 1 aliphatic heterocycles. The van der Waals surface area contributed by atoms with Crippen LogP contribution in [-0.4, -0.2) is 34.3 Å². The molecular formula is C13H23BrN2O2. The third-order valence-corrected chi connectivity index (χ3v) is 4.65. The minimum atomic E-state index is -0.730. The van der Waals surface area contributed by atoms with E-state index in [1.165, 1.54) is 4.90 Å². The van der Waals surface area contributed by atoms with E-state index in [4.69, 9.17) is 0 Å². The molecule has 0 bridgehead atoms. The number of hydrogen-bond acceptors (Lipinski definition) is 2. The molecule has 0 aromatic rings. The van der Waals surface area contributed by atoms with Crippen molar-refractivity contribution < 1.29 is 9.59 Å². The molecule has 2 atom stereocenters. The second-order valence-corrected chi connectivity index (χ2v) is 6.90. The second kappa shape index (κ2) is 5.19. The van der Waals surface area contributed by atoms with Gasteiger partial charge in [0.15, 0.2) is 0 Å². The highest BCUT2D eigenvalue weighted by Crippen LogP contribution is 2.30. The lowest BCUT2D eigenvalue weighted by Crippen LogP contribution is -2.44. The average molecular weight is 319 g/mol. The number of nitrogens with zero attached hydrogens (tertiary/aromatic N) is 1. The molecular weight excluding hydrogens is 296 g/mol. The second-order valence-electron chi connectivity index (χ2n) is 6.25. The van der Waals surface area contributed by atoms with Gasteiger partial charge < -0.3 is 5.32 Å². The van der Waals surface area contributed by atoms with Crippen LogP contribution >= 0.6 is 15.9 Å². The molecule has 1 rings (SSSR count). The molecule has 3 amide bonds. The van der Waals surface area contributed by atoms with E-state index in [1.54, 1.807) is 6.92 Å². The van der Waals surface area contributed by atoms with Gasteiger partial charge in [0.2, 0.25) is 0 Å². The first-order chi connectivity index (χ1) is 8.15. The summed E-state index contributed by atoms with van der Waals surface area (Å²) in [6.07, 6.45) is 0.614. The fourth-order valence-corrected chi connectivity index (χ4v) is 3.10. The lowest BCUT2D eigenvalue weighted by atomic mass is 9.81. The Labute approximate surface area is 118 Å². The molecule has 1 saturated heterocycles. The SMILES string of the molecule is CCC1(C)NC(=O)N(CC(CBr)C(C)(C)C)C1=O. The van der Waals surface area contributed by atoms with Crippen LogP contribution < -0.4 is 5.32 Å². The molecule has 1 heterocycles. The third-order valence-electron chi connectivity index (χ3n) is 3.87. The van der Waals surface area contributed by atoms with E-state index in [0.29, 0.717) is 13.0 Å². The maximum absolute atomic E-state index is 12.3. The molecule has 0 radical (unpaired) electrons. The molecule has 0 aliphatic carbocycles. The quantitative estimate of drug-likeness (QED) is 0.640. The number of amides is 3. The van der Waals surface area contributed by atoms with Crippen molar-refractivity contribution in [2.24, 2.45) is 11.3 Å². The Morgan fingerprint density at radius 2 is 1.94 bits per heavy atom. The summed E-state index contributed by atoms with van der Waals surface area (Å²) in [6, 6.07) is -0.264. The van der Waals surface area contributed by atoms with Crippen LogP contribution in [0.4, 0.5) is 4.79 Å². The monoisotopic (exact) mass is 318 g/mol. The van der Waals surface area contributed by atoms with Gasteiger partial charge in [0, 0.05) is 11.9 Å². The lowest BCUT2D eigenvalue weighted by Gasteiger charge is -2.31. The van der Waals surface area contributed by atoms with E-state index in [2.05, 4.69) is 42.0 Å². The van der Waals surface area contributed by atoms with E-state index in [9.17, 15) is 9.59 Å². The first kappa shape index (κ1) is 15.5. The molecule has 1 fully saturated rings. The summed E-state index contributed by atoms with van der Waals surface area (Å²) in [7, 11) is 0. The highest BCUT2D eigenvalue weighted by Gasteiger charge is 2.47. The standard InChI is InChI=1S/C13H23BrN2O2/c1-6-13(5)10(17)16(11(18)15-13)8-9(7-14)12(2,3)4/h9H,6-8H2,1-5H3,(H,15,18). The van der Waals surface area contributed by atoms with E-state index < -0.39 is 5.54 Å². The molecule has 104 valence electrons. The molecule has 18 heavy (non-hydrogen) atoms. The van der Waals surface area contributed by atoms with Crippen molar-refractivity contribution in [3.8, 4) is 0 Å². The molecule has 0 spiro atoms. The van der Waals surface area contributed by atoms with Gasteiger partial charge in [0.1, 0.15) is 5.54 Å². The zero-order valence-electron chi connectivity index (χ0n) is 11.8. The summed E-state index contributed by atoms with van der Waals surface area (Å²) >= 11 is 3.47. The van der Waals surface area contributed by atoms with Crippen molar-refractivity contribution in [2.75, 3.05) is 11.9 Å². The van der Waals surface area contributed by atoms with Crippen molar-refractivity contribution in [1.82, 2.24) is 10.2 Å². The summed E-state index contributed by atoms with van der Waals surface area (Å²) in [5.74, 6) is 0.136. The molecule has 2 unspecified atom stereocenters. The van der Waals surface area contributed by atoms with Crippen LogP contribution in [0, 0.1) is 11.3 Å². The fourth-order valence-electron chi connectivity index (χ4n) is 1.93. The van der Waals surface area contributed by atoms with Crippen LogP contribution in [0.3, 0.4) is 0 Å². The minimum absolute atomic E-state index is 0.0509. The fraction of sp³-hybridized carbons (Fsp3) is 0.846. The van der Waals surface area contributed by atoms with Gasteiger partial charge in [0.05, 0.1) is 0 Å². The number of nitrogens with one attached hydrogen (secondary N) is 1. The number of rotatable bonds is 4. The van der Waals surface area contributed by atoms with Crippen molar-refractivity contribution in [1.29, 1.82) is 0 Å². The number of halogens is 1. The number of carbonyl (C=O) groups excluding carboxylic acids is 2. The molecule has 4 nitrogen and oxygen atoms in total.